The van der Waals surface area contributed by atoms with Crippen LogP contribution in [0.4, 0.5) is 4.79 Å². The summed E-state index contributed by atoms with van der Waals surface area (Å²) >= 11 is 3.40. The fourth-order valence-corrected chi connectivity index (χ4v) is 1.82. The Kier molecular flexibility index (Phi) is 2.55. The number of ether oxygens (including phenoxy) is 1. The van der Waals surface area contributed by atoms with Gasteiger partial charge in [0.05, 0.1) is 0 Å². The molecular formula is C10H7BrN2O2. The predicted octanol–water partition coefficient (Wildman–Crippen LogP) is 2.45. The van der Waals surface area contributed by atoms with Crippen LogP contribution in [-0.2, 0) is 0 Å². The zero-order valence-electron chi connectivity index (χ0n) is 7.61. The number of aromatic nitrogens is 1. The highest BCUT2D eigenvalue weighted by molar-refractivity contribution is 9.10. The van der Waals surface area contributed by atoms with Crippen LogP contribution in [-0.4, -0.2) is 11.1 Å². The van der Waals surface area contributed by atoms with Gasteiger partial charge in [-0.3, -0.25) is 0 Å². The molecule has 2 N–H and O–H groups in total. The van der Waals surface area contributed by atoms with Crippen molar-refractivity contribution in [3.8, 4) is 5.88 Å². The summed E-state index contributed by atoms with van der Waals surface area (Å²) in [6.45, 7) is 0. The van der Waals surface area contributed by atoms with Gasteiger partial charge in [0.25, 0.3) is 0 Å². The van der Waals surface area contributed by atoms with Crippen molar-refractivity contribution in [2.45, 2.75) is 0 Å². The van der Waals surface area contributed by atoms with Crippen LogP contribution in [0.2, 0.25) is 0 Å². The average Bonchev–Trinajstić information content (AvgIpc) is 2.19. The molecule has 0 aliphatic rings. The Bertz CT molecular complexity index is 528. The Balaban J connectivity index is 2.65. The van der Waals surface area contributed by atoms with Crippen LogP contribution in [0.25, 0.3) is 10.8 Å². The zero-order chi connectivity index (χ0) is 10.8. The second-order valence-corrected chi connectivity index (χ2v) is 3.73. The Morgan fingerprint density at radius 3 is 2.87 bits per heavy atom. The summed E-state index contributed by atoms with van der Waals surface area (Å²) in [5, 5.41) is 1.66. The number of halogens is 1. The van der Waals surface area contributed by atoms with Gasteiger partial charge in [-0.05, 0) is 18.2 Å². The molecule has 4 nitrogen and oxygen atoms in total. The van der Waals surface area contributed by atoms with Crippen LogP contribution in [0.3, 0.4) is 0 Å². The molecule has 1 aromatic heterocycles. The first kappa shape index (κ1) is 9.92. The second kappa shape index (κ2) is 3.86. The third-order valence-corrected chi connectivity index (χ3v) is 2.61. The van der Waals surface area contributed by atoms with E-state index >= 15 is 0 Å². The van der Waals surface area contributed by atoms with Crippen molar-refractivity contribution in [1.82, 2.24) is 4.98 Å². The van der Waals surface area contributed by atoms with Crippen LogP contribution in [0, 0.1) is 0 Å². The highest BCUT2D eigenvalue weighted by atomic mass is 79.9. The van der Waals surface area contributed by atoms with E-state index < -0.39 is 6.09 Å². The lowest BCUT2D eigenvalue weighted by Gasteiger charge is -2.04. The fourth-order valence-electron chi connectivity index (χ4n) is 1.32. The summed E-state index contributed by atoms with van der Waals surface area (Å²) in [6.07, 6.45) is 0.695. The first-order chi connectivity index (χ1) is 7.18. The number of nitrogens with zero attached hydrogens (tertiary/aromatic N) is 1. The van der Waals surface area contributed by atoms with Crippen molar-refractivity contribution in [2.24, 2.45) is 5.73 Å². The number of fused-ring (bicyclic) bond motifs is 1. The number of pyridine rings is 1. The summed E-state index contributed by atoms with van der Waals surface area (Å²) in [5.41, 5.74) is 4.94. The van der Waals surface area contributed by atoms with E-state index in [2.05, 4.69) is 20.9 Å². The summed E-state index contributed by atoms with van der Waals surface area (Å²) in [5.74, 6) is 0.223. The third-order valence-electron chi connectivity index (χ3n) is 1.91. The molecule has 5 heteroatoms. The fraction of sp³-hybridized carbons (Fsp3) is 0. The number of hydrogen-bond donors (Lipinski definition) is 1. The highest BCUT2D eigenvalue weighted by Gasteiger charge is 2.07. The molecule has 2 aromatic rings. The molecule has 0 aliphatic heterocycles. The minimum atomic E-state index is -0.866. The molecule has 1 amide bonds. The maximum atomic E-state index is 10.6. The maximum absolute atomic E-state index is 10.6. The number of rotatable bonds is 1. The van der Waals surface area contributed by atoms with Crippen LogP contribution < -0.4 is 10.5 Å². The van der Waals surface area contributed by atoms with Crippen LogP contribution >= 0.6 is 15.9 Å². The van der Waals surface area contributed by atoms with Gasteiger partial charge in [-0.2, -0.15) is 0 Å². The lowest BCUT2D eigenvalue weighted by atomic mass is 10.2. The SMILES string of the molecule is NC(=O)Oc1nccc2c(Br)cccc12. The predicted molar refractivity (Wildman–Crippen MR) is 59.7 cm³/mol. The summed E-state index contributed by atoms with van der Waals surface area (Å²) in [4.78, 5) is 14.6. The maximum Gasteiger partial charge on any atom is 0.411 e. The van der Waals surface area contributed by atoms with E-state index in [1.807, 2.05) is 24.3 Å². The molecule has 0 radical (unpaired) electrons. The van der Waals surface area contributed by atoms with Gasteiger partial charge in [-0.25, -0.2) is 9.78 Å². The lowest BCUT2D eigenvalue weighted by molar-refractivity contribution is 0.209. The average molecular weight is 267 g/mol. The first-order valence-corrected chi connectivity index (χ1v) is 4.98. The summed E-state index contributed by atoms with van der Waals surface area (Å²) in [7, 11) is 0. The lowest BCUT2D eigenvalue weighted by Crippen LogP contribution is -2.17. The molecule has 15 heavy (non-hydrogen) atoms. The second-order valence-electron chi connectivity index (χ2n) is 2.87. The molecule has 0 spiro atoms. The van der Waals surface area contributed by atoms with Crippen molar-refractivity contribution in [3.05, 3.63) is 34.9 Å². The number of nitrogens with two attached hydrogens (primary N) is 1. The topological polar surface area (TPSA) is 65.2 Å². The van der Waals surface area contributed by atoms with Gasteiger partial charge >= 0.3 is 6.09 Å². The third kappa shape index (κ3) is 1.92. The number of benzene rings is 1. The largest absolute Gasteiger partial charge is 0.411 e. The number of amides is 1. The molecule has 0 unspecified atom stereocenters. The van der Waals surface area contributed by atoms with E-state index in [1.54, 1.807) is 6.20 Å². The quantitative estimate of drug-likeness (QED) is 0.863. The van der Waals surface area contributed by atoms with Crippen molar-refractivity contribution >= 4 is 32.8 Å². The van der Waals surface area contributed by atoms with Crippen molar-refractivity contribution in [3.63, 3.8) is 0 Å². The van der Waals surface area contributed by atoms with Crippen molar-refractivity contribution in [2.75, 3.05) is 0 Å². The van der Waals surface area contributed by atoms with E-state index in [0.29, 0.717) is 0 Å². The smallest absolute Gasteiger partial charge is 0.391 e. The van der Waals surface area contributed by atoms with Crippen LogP contribution in [0.1, 0.15) is 0 Å². The van der Waals surface area contributed by atoms with E-state index in [-0.39, 0.29) is 5.88 Å². The number of primary amides is 1. The Hall–Kier alpha value is -1.62. The molecule has 1 heterocycles. The number of carbonyl (C=O) groups excluding carboxylic acids is 1. The monoisotopic (exact) mass is 266 g/mol. The van der Waals surface area contributed by atoms with Crippen LogP contribution in [0.15, 0.2) is 34.9 Å². The molecule has 2 rings (SSSR count). The zero-order valence-corrected chi connectivity index (χ0v) is 9.19. The van der Waals surface area contributed by atoms with Gasteiger partial charge in [0.2, 0.25) is 5.88 Å². The van der Waals surface area contributed by atoms with Gasteiger partial charge in [0.15, 0.2) is 0 Å². The molecule has 0 saturated heterocycles. The number of carbonyl (C=O) groups is 1. The van der Waals surface area contributed by atoms with E-state index in [1.165, 1.54) is 0 Å². The summed E-state index contributed by atoms with van der Waals surface area (Å²) in [6, 6.07) is 7.37. The molecule has 0 fully saturated rings. The molecule has 0 saturated carbocycles. The minimum absolute atomic E-state index is 0.223. The van der Waals surface area contributed by atoms with E-state index in [9.17, 15) is 4.79 Å². The Morgan fingerprint density at radius 1 is 1.33 bits per heavy atom. The van der Waals surface area contributed by atoms with Crippen molar-refractivity contribution in [1.29, 1.82) is 0 Å². The molecule has 76 valence electrons. The van der Waals surface area contributed by atoms with Gasteiger partial charge in [-0.15, -0.1) is 0 Å². The number of hydrogen-bond acceptors (Lipinski definition) is 3. The Morgan fingerprint density at radius 2 is 2.13 bits per heavy atom. The van der Waals surface area contributed by atoms with Gasteiger partial charge in [0, 0.05) is 21.4 Å². The van der Waals surface area contributed by atoms with E-state index in [0.717, 1.165) is 15.2 Å². The molecule has 0 bridgehead atoms. The van der Waals surface area contributed by atoms with Crippen LogP contribution in [0.5, 0.6) is 5.88 Å². The molecule has 0 atom stereocenters. The Labute approximate surface area is 94.2 Å². The van der Waals surface area contributed by atoms with Gasteiger partial charge in [0.1, 0.15) is 0 Å². The molecule has 1 aromatic carbocycles. The van der Waals surface area contributed by atoms with Gasteiger partial charge < -0.3 is 10.5 Å². The first-order valence-electron chi connectivity index (χ1n) is 4.19. The minimum Gasteiger partial charge on any atom is -0.391 e. The van der Waals surface area contributed by atoms with E-state index in [4.69, 9.17) is 10.5 Å². The normalized spacial score (nSPS) is 10.2. The summed E-state index contributed by atoms with van der Waals surface area (Å²) < 4.78 is 5.70. The molecular weight excluding hydrogens is 260 g/mol. The highest BCUT2D eigenvalue weighted by Crippen LogP contribution is 2.28. The molecule has 0 aliphatic carbocycles. The van der Waals surface area contributed by atoms with Gasteiger partial charge in [-0.1, -0.05) is 22.0 Å². The van der Waals surface area contributed by atoms with Crippen molar-refractivity contribution < 1.29 is 9.53 Å². The standard InChI is InChI=1S/C10H7BrN2O2/c11-8-3-1-2-7-6(8)4-5-13-9(7)15-10(12)14/h1-5H,(H2,12,14).